The maximum Gasteiger partial charge on any atom is 0.124 e. The van der Waals surface area contributed by atoms with Crippen LogP contribution in [-0.4, -0.2) is 11.0 Å². The lowest BCUT2D eigenvalue weighted by Gasteiger charge is -2.29. The third kappa shape index (κ3) is 3.66. The van der Waals surface area contributed by atoms with Crippen LogP contribution in [0.4, 0.5) is 10.1 Å². The predicted molar refractivity (Wildman–Crippen MR) is 81.9 cm³/mol. The molecule has 2 nitrogen and oxygen atoms in total. The first kappa shape index (κ1) is 14.3. The molecule has 0 aromatic heterocycles. The van der Waals surface area contributed by atoms with Crippen LogP contribution in [0.25, 0.3) is 0 Å². The van der Waals surface area contributed by atoms with E-state index in [9.17, 15) is 4.39 Å². The smallest absolute Gasteiger partial charge is 0.124 e. The van der Waals surface area contributed by atoms with Crippen LogP contribution >= 0.6 is 12.2 Å². The topological polar surface area (TPSA) is 38.0 Å². The van der Waals surface area contributed by atoms with Crippen molar-refractivity contribution in [3.63, 3.8) is 0 Å². The second-order valence-corrected chi connectivity index (χ2v) is 5.83. The Balaban J connectivity index is 2.11. The van der Waals surface area contributed by atoms with Crippen molar-refractivity contribution in [1.29, 1.82) is 0 Å². The molecule has 4 heteroatoms. The van der Waals surface area contributed by atoms with Crippen LogP contribution in [0.15, 0.2) is 18.2 Å². The maximum absolute atomic E-state index is 13.3. The molecule has 0 aliphatic heterocycles. The van der Waals surface area contributed by atoms with E-state index >= 15 is 0 Å². The van der Waals surface area contributed by atoms with Gasteiger partial charge in [0.05, 0.1) is 0 Å². The Morgan fingerprint density at radius 2 is 2.05 bits per heavy atom. The van der Waals surface area contributed by atoms with Crippen LogP contribution in [0, 0.1) is 11.7 Å². The summed E-state index contributed by atoms with van der Waals surface area (Å²) in [5, 5.41) is 3.45. The van der Waals surface area contributed by atoms with Gasteiger partial charge in [-0.15, -0.1) is 0 Å². The molecule has 0 amide bonds. The fraction of sp³-hybridized carbons (Fsp3) is 0.533. The van der Waals surface area contributed by atoms with Gasteiger partial charge in [0, 0.05) is 17.3 Å². The molecule has 1 aliphatic carbocycles. The highest BCUT2D eigenvalue weighted by molar-refractivity contribution is 7.80. The zero-order chi connectivity index (χ0) is 13.8. The SMILES string of the molecule is CC(Nc1ccc(F)cc1C(N)=S)C1CCCCC1. The molecule has 0 radical (unpaired) electrons. The number of anilines is 1. The lowest BCUT2D eigenvalue weighted by molar-refractivity contribution is 0.328. The second kappa shape index (κ2) is 6.33. The maximum atomic E-state index is 13.3. The zero-order valence-electron chi connectivity index (χ0n) is 11.3. The van der Waals surface area contributed by atoms with Gasteiger partial charge in [-0.25, -0.2) is 4.39 Å². The molecule has 2 rings (SSSR count). The van der Waals surface area contributed by atoms with E-state index in [1.165, 1.54) is 44.2 Å². The van der Waals surface area contributed by atoms with Gasteiger partial charge < -0.3 is 11.1 Å². The van der Waals surface area contributed by atoms with E-state index in [1.807, 2.05) is 0 Å². The third-order valence-electron chi connectivity index (χ3n) is 3.99. The quantitative estimate of drug-likeness (QED) is 0.823. The highest BCUT2D eigenvalue weighted by Gasteiger charge is 2.20. The number of hydrogen-bond acceptors (Lipinski definition) is 2. The van der Waals surface area contributed by atoms with Gasteiger partial charge in [0.1, 0.15) is 10.8 Å². The molecule has 1 fully saturated rings. The fourth-order valence-corrected chi connectivity index (χ4v) is 3.01. The summed E-state index contributed by atoms with van der Waals surface area (Å²) < 4.78 is 13.3. The Morgan fingerprint density at radius 1 is 1.37 bits per heavy atom. The molecular weight excluding hydrogens is 259 g/mol. The number of benzene rings is 1. The largest absolute Gasteiger partial charge is 0.389 e. The predicted octanol–water partition coefficient (Wildman–Crippen LogP) is 3.84. The molecule has 1 atom stereocenters. The van der Waals surface area contributed by atoms with Crippen molar-refractivity contribution in [3.05, 3.63) is 29.6 Å². The Morgan fingerprint density at radius 3 is 2.68 bits per heavy atom. The summed E-state index contributed by atoms with van der Waals surface area (Å²) in [6.07, 6.45) is 6.48. The Hall–Kier alpha value is -1.16. The number of halogens is 1. The average Bonchev–Trinajstić information content (AvgIpc) is 2.41. The molecule has 19 heavy (non-hydrogen) atoms. The fourth-order valence-electron chi connectivity index (χ4n) is 2.84. The van der Waals surface area contributed by atoms with E-state index in [4.69, 9.17) is 18.0 Å². The molecule has 0 saturated heterocycles. The van der Waals surface area contributed by atoms with Crippen LogP contribution in [0.1, 0.15) is 44.6 Å². The molecule has 104 valence electrons. The van der Waals surface area contributed by atoms with Gasteiger partial charge in [-0.3, -0.25) is 0 Å². The van der Waals surface area contributed by atoms with Crippen LogP contribution in [0.5, 0.6) is 0 Å². The zero-order valence-corrected chi connectivity index (χ0v) is 12.1. The van der Waals surface area contributed by atoms with E-state index in [0.29, 0.717) is 17.5 Å². The lowest BCUT2D eigenvalue weighted by atomic mass is 9.84. The average molecular weight is 280 g/mol. The summed E-state index contributed by atoms with van der Waals surface area (Å²) in [5.41, 5.74) is 7.10. The van der Waals surface area contributed by atoms with Crippen molar-refractivity contribution in [1.82, 2.24) is 0 Å². The molecule has 1 aromatic carbocycles. The van der Waals surface area contributed by atoms with Crippen LogP contribution < -0.4 is 11.1 Å². The van der Waals surface area contributed by atoms with Gasteiger partial charge in [-0.2, -0.15) is 0 Å². The molecule has 1 aliphatic rings. The monoisotopic (exact) mass is 280 g/mol. The van der Waals surface area contributed by atoms with E-state index in [-0.39, 0.29) is 10.8 Å². The molecule has 1 saturated carbocycles. The molecule has 0 heterocycles. The summed E-state index contributed by atoms with van der Waals surface area (Å²) >= 11 is 4.99. The highest BCUT2D eigenvalue weighted by Crippen LogP contribution is 2.29. The van der Waals surface area contributed by atoms with Crippen LogP contribution in [0.3, 0.4) is 0 Å². The first-order valence-corrected chi connectivity index (χ1v) is 7.34. The minimum Gasteiger partial charge on any atom is -0.389 e. The molecular formula is C15H21FN2S. The third-order valence-corrected chi connectivity index (χ3v) is 4.21. The first-order chi connectivity index (χ1) is 9.08. The summed E-state index contributed by atoms with van der Waals surface area (Å²) in [7, 11) is 0. The molecule has 0 spiro atoms. The molecule has 0 bridgehead atoms. The van der Waals surface area contributed by atoms with Crippen LogP contribution in [-0.2, 0) is 0 Å². The number of hydrogen-bond donors (Lipinski definition) is 2. The number of nitrogens with two attached hydrogens (primary N) is 1. The first-order valence-electron chi connectivity index (χ1n) is 6.94. The standard InChI is InChI=1S/C15H21FN2S/c1-10(11-5-3-2-4-6-11)18-14-8-7-12(16)9-13(14)15(17)19/h7-11,18H,2-6H2,1H3,(H2,17,19). The van der Waals surface area contributed by atoms with Crippen molar-refractivity contribution < 1.29 is 4.39 Å². The van der Waals surface area contributed by atoms with E-state index in [2.05, 4.69) is 12.2 Å². The second-order valence-electron chi connectivity index (χ2n) is 5.39. The summed E-state index contributed by atoms with van der Waals surface area (Å²) in [6, 6.07) is 4.93. The van der Waals surface area contributed by atoms with Crippen molar-refractivity contribution in [3.8, 4) is 0 Å². The van der Waals surface area contributed by atoms with Gasteiger partial charge in [0.25, 0.3) is 0 Å². The van der Waals surface area contributed by atoms with Crippen LogP contribution in [0.2, 0.25) is 0 Å². The van der Waals surface area contributed by atoms with Gasteiger partial charge in [-0.1, -0.05) is 31.5 Å². The Kier molecular flexibility index (Phi) is 4.75. The molecule has 1 unspecified atom stereocenters. The Bertz CT molecular complexity index is 455. The normalized spacial score (nSPS) is 18.0. The minimum atomic E-state index is -0.307. The highest BCUT2D eigenvalue weighted by atomic mass is 32.1. The van der Waals surface area contributed by atoms with Gasteiger partial charge >= 0.3 is 0 Å². The van der Waals surface area contributed by atoms with Gasteiger partial charge in [-0.05, 0) is 43.9 Å². The molecule has 1 aromatic rings. The van der Waals surface area contributed by atoms with Gasteiger partial charge in [0.2, 0.25) is 0 Å². The molecule has 3 N–H and O–H groups in total. The van der Waals surface area contributed by atoms with Crippen molar-refractivity contribution in [2.75, 3.05) is 5.32 Å². The lowest BCUT2D eigenvalue weighted by Crippen LogP contribution is -2.28. The summed E-state index contributed by atoms with van der Waals surface area (Å²) in [5.74, 6) is 0.372. The number of rotatable bonds is 4. The minimum absolute atomic E-state index is 0.234. The van der Waals surface area contributed by atoms with Crippen molar-refractivity contribution >= 4 is 22.9 Å². The number of nitrogens with one attached hydrogen (secondary N) is 1. The number of thiocarbonyl (C=S) groups is 1. The van der Waals surface area contributed by atoms with E-state index < -0.39 is 0 Å². The van der Waals surface area contributed by atoms with E-state index in [0.717, 1.165) is 5.69 Å². The Labute approximate surface area is 119 Å². The summed E-state index contributed by atoms with van der Waals surface area (Å²) in [4.78, 5) is 0.234. The van der Waals surface area contributed by atoms with Gasteiger partial charge in [0.15, 0.2) is 0 Å². The van der Waals surface area contributed by atoms with E-state index in [1.54, 1.807) is 6.07 Å². The summed E-state index contributed by atoms with van der Waals surface area (Å²) in [6.45, 7) is 2.18. The van der Waals surface area contributed by atoms with Crippen molar-refractivity contribution in [2.45, 2.75) is 45.1 Å². The van der Waals surface area contributed by atoms with Crippen molar-refractivity contribution in [2.24, 2.45) is 11.7 Å².